The van der Waals surface area contributed by atoms with E-state index >= 15 is 0 Å². The van der Waals surface area contributed by atoms with Crippen LogP contribution in [0.3, 0.4) is 0 Å². The van der Waals surface area contributed by atoms with Gasteiger partial charge in [0, 0.05) is 21.5 Å². The molecule has 13 rings (SSSR count). The molecule has 5 heteroatoms. The Morgan fingerprint density at radius 1 is 0.475 bits per heavy atom. The molecule has 0 N–H and O–H groups in total. The van der Waals surface area contributed by atoms with Crippen LogP contribution >= 0.6 is 0 Å². The van der Waals surface area contributed by atoms with Crippen LogP contribution in [0, 0.1) is 0 Å². The number of nitrogens with zero attached hydrogens (tertiary/aromatic N) is 5. The number of para-hydroxylation sites is 4. The van der Waals surface area contributed by atoms with Crippen LogP contribution in [0.25, 0.3) is 88.5 Å². The van der Waals surface area contributed by atoms with Gasteiger partial charge in [0.1, 0.15) is 5.65 Å². The number of hydrogen-bond donors (Lipinski definition) is 0. The lowest BCUT2D eigenvalue weighted by Crippen LogP contribution is -2.48. The predicted molar refractivity (Wildman–Crippen MR) is 254 cm³/mol. The third kappa shape index (κ3) is 4.92. The summed E-state index contributed by atoms with van der Waals surface area (Å²) in [5, 5.41) is 5.93. The summed E-state index contributed by atoms with van der Waals surface area (Å²) in [6.45, 7) is 2.31. The minimum absolute atomic E-state index is 0.129. The van der Waals surface area contributed by atoms with E-state index in [-0.39, 0.29) is 6.04 Å². The number of pyridine rings is 1. The van der Waals surface area contributed by atoms with Crippen LogP contribution in [0.4, 0.5) is 0 Å². The molecule has 0 amide bonds. The highest BCUT2D eigenvalue weighted by Crippen LogP contribution is 2.44. The van der Waals surface area contributed by atoms with Gasteiger partial charge in [-0.25, -0.2) is 15.0 Å². The minimum atomic E-state index is -0.430. The SMILES string of the molecule is CC12C(c3ccccc3)=NC(n3c4ccccc4c4ccc(-c5ccc(-c6ccc7c(c6)c6ccccc6n6c8ccccc8nc76)cc5)cc43)=NC1C=Cc1ccccc12. The molecule has 0 bridgehead atoms. The van der Waals surface area contributed by atoms with Gasteiger partial charge in [0.05, 0.1) is 44.8 Å². The van der Waals surface area contributed by atoms with Crippen LogP contribution in [-0.4, -0.2) is 31.7 Å². The highest BCUT2D eigenvalue weighted by Gasteiger charge is 2.46. The zero-order valence-electron chi connectivity index (χ0n) is 33.4. The number of hydrogen-bond acceptors (Lipinski definition) is 3. The topological polar surface area (TPSA) is 47.0 Å². The molecule has 2 aliphatic rings. The monoisotopic (exact) mass is 779 g/mol. The number of rotatable bonds is 3. The number of benzene rings is 8. The van der Waals surface area contributed by atoms with E-state index in [1.54, 1.807) is 0 Å². The largest absolute Gasteiger partial charge is 0.292 e. The molecule has 0 fully saturated rings. The number of fused-ring (bicyclic) bond motifs is 14. The second kappa shape index (κ2) is 12.8. The van der Waals surface area contributed by atoms with E-state index in [4.69, 9.17) is 15.0 Å². The van der Waals surface area contributed by atoms with Gasteiger partial charge in [0.25, 0.3) is 0 Å². The molecule has 4 heterocycles. The Balaban J connectivity index is 0.933. The summed E-state index contributed by atoms with van der Waals surface area (Å²) in [5.74, 6) is 0.702. The van der Waals surface area contributed by atoms with Crippen molar-refractivity contribution in [3.63, 3.8) is 0 Å². The number of imidazole rings is 1. The predicted octanol–water partition coefficient (Wildman–Crippen LogP) is 13.3. The lowest BCUT2D eigenvalue weighted by molar-refractivity contribution is 0.548. The first kappa shape index (κ1) is 34.0. The fourth-order valence-electron chi connectivity index (χ4n) is 10.2. The summed E-state index contributed by atoms with van der Waals surface area (Å²) in [6, 6.07) is 67.5. The second-order valence-corrected chi connectivity index (χ2v) is 16.5. The molecule has 0 saturated carbocycles. The molecule has 0 spiro atoms. The Morgan fingerprint density at radius 3 is 1.89 bits per heavy atom. The van der Waals surface area contributed by atoms with Gasteiger partial charge in [-0.3, -0.25) is 8.97 Å². The van der Waals surface area contributed by atoms with Crippen LogP contribution in [0.15, 0.2) is 204 Å². The molecular weight excluding hydrogens is 743 g/mol. The van der Waals surface area contributed by atoms with Crippen LogP contribution in [0.1, 0.15) is 23.6 Å². The average Bonchev–Trinajstić information content (AvgIpc) is 3.88. The van der Waals surface area contributed by atoms with Crippen molar-refractivity contribution in [2.75, 3.05) is 0 Å². The first-order valence-electron chi connectivity index (χ1n) is 21.0. The van der Waals surface area contributed by atoms with Gasteiger partial charge in [-0.05, 0) is 93.7 Å². The third-order valence-electron chi connectivity index (χ3n) is 13.3. The molecular formula is C56H37N5. The first-order valence-corrected chi connectivity index (χ1v) is 21.0. The van der Waals surface area contributed by atoms with E-state index in [9.17, 15) is 0 Å². The molecule has 8 aromatic carbocycles. The van der Waals surface area contributed by atoms with Gasteiger partial charge in [0.15, 0.2) is 0 Å². The Kier molecular flexibility index (Phi) is 7.14. The van der Waals surface area contributed by atoms with Gasteiger partial charge in [-0.2, -0.15) is 0 Å². The Bertz CT molecular complexity index is 3720. The molecule has 5 nitrogen and oxygen atoms in total. The number of aliphatic imine (C=N–C) groups is 2. The van der Waals surface area contributed by atoms with Crippen molar-refractivity contribution in [3.8, 4) is 22.3 Å². The second-order valence-electron chi connectivity index (χ2n) is 16.5. The van der Waals surface area contributed by atoms with Gasteiger partial charge >= 0.3 is 0 Å². The summed E-state index contributed by atoms with van der Waals surface area (Å²) < 4.78 is 4.58. The first-order chi connectivity index (χ1) is 30.1. The lowest BCUT2D eigenvalue weighted by atomic mass is 9.66. The Morgan fingerprint density at radius 2 is 1.08 bits per heavy atom. The molecule has 3 aromatic heterocycles. The Hall–Kier alpha value is -7.89. The summed E-state index contributed by atoms with van der Waals surface area (Å²) >= 11 is 0. The fraction of sp³-hybridized carbons (Fsp3) is 0.0536. The normalized spacial score (nSPS) is 17.3. The zero-order chi connectivity index (χ0) is 40.2. The quantitative estimate of drug-likeness (QED) is 0.165. The Labute approximate surface area is 351 Å². The van der Waals surface area contributed by atoms with Gasteiger partial charge in [0.2, 0.25) is 5.96 Å². The van der Waals surface area contributed by atoms with Crippen LogP contribution in [0.2, 0.25) is 0 Å². The van der Waals surface area contributed by atoms with Gasteiger partial charge in [-0.15, -0.1) is 0 Å². The molecule has 1 aliphatic carbocycles. The maximum Gasteiger partial charge on any atom is 0.230 e. The van der Waals surface area contributed by atoms with E-state index in [2.05, 4.69) is 216 Å². The van der Waals surface area contributed by atoms with E-state index in [0.29, 0.717) is 5.96 Å². The maximum absolute atomic E-state index is 5.56. The van der Waals surface area contributed by atoms with Crippen LogP contribution in [0.5, 0.6) is 0 Å². The van der Waals surface area contributed by atoms with Crippen LogP contribution in [-0.2, 0) is 5.41 Å². The van der Waals surface area contributed by atoms with Gasteiger partial charge in [-0.1, -0.05) is 158 Å². The third-order valence-corrected chi connectivity index (χ3v) is 13.3. The van der Waals surface area contributed by atoms with Crippen molar-refractivity contribution < 1.29 is 0 Å². The molecule has 1 aliphatic heterocycles. The van der Waals surface area contributed by atoms with E-state index in [0.717, 1.165) is 61.0 Å². The molecule has 0 radical (unpaired) electrons. The summed E-state index contributed by atoms with van der Waals surface area (Å²) in [4.78, 5) is 16.2. The zero-order valence-corrected chi connectivity index (χ0v) is 33.4. The standard InChI is InChI=1S/C56H37N5/c1-56-46-18-8-5-13-37(46)29-32-52(56)58-55(59-53(56)38-14-3-2-4-15-38)61-49-21-11-6-16-41(49)43-30-27-40(34-51(43)61)36-25-23-35(24-26-36)39-28-31-44-45(33-39)42-17-7-10-20-48(42)60-50-22-12-9-19-47(50)57-54(44)60/h2-34,52H,1H3. The van der Waals surface area contributed by atoms with Crippen molar-refractivity contribution in [1.82, 2.24) is 14.0 Å². The smallest absolute Gasteiger partial charge is 0.230 e. The maximum atomic E-state index is 5.56. The van der Waals surface area contributed by atoms with E-state index < -0.39 is 5.41 Å². The van der Waals surface area contributed by atoms with Crippen molar-refractivity contribution >= 4 is 77.9 Å². The summed E-state index contributed by atoms with van der Waals surface area (Å²) in [6.07, 6.45) is 4.49. The lowest BCUT2D eigenvalue weighted by Gasteiger charge is -2.41. The molecule has 286 valence electrons. The van der Waals surface area contributed by atoms with Crippen molar-refractivity contribution in [2.45, 2.75) is 18.4 Å². The highest BCUT2D eigenvalue weighted by atomic mass is 15.2. The minimum Gasteiger partial charge on any atom is -0.292 e. The summed E-state index contributed by atoms with van der Waals surface area (Å²) in [7, 11) is 0. The summed E-state index contributed by atoms with van der Waals surface area (Å²) in [5.41, 5.74) is 15.3. The molecule has 61 heavy (non-hydrogen) atoms. The van der Waals surface area contributed by atoms with Crippen molar-refractivity contribution in [1.29, 1.82) is 0 Å². The van der Waals surface area contributed by atoms with E-state index in [1.165, 1.54) is 43.8 Å². The molecule has 2 atom stereocenters. The van der Waals surface area contributed by atoms with Crippen molar-refractivity contribution in [3.05, 3.63) is 211 Å². The molecule has 11 aromatic rings. The molecule has 2 unspecified atom stereocenters. The number of aromatic nitrogens is 3. The molecule has 0 saturated heterocycles. The van der Waals surface area contributed by atoms with Crippen LogP contribution < -0.4 is 0 Å². The van der Waals surface area contributed by atoms with Gasteiger partial charge < -0.3 is 0 Å². The highest BCUT2D eigenvalue weighted by molar-refractivity contribution is 6.21. The van der Waals surface area contributed by atoms with Crippen molar-refractivity contribution in [2.24, 2.45) is 9.98 Å². The average molecular weight is 780 g/mol. The van der Waals surface area contributed by atoms with E-state index in [1.807, 2.05) is 0 Å². The fourth-order valence-corrected chi connectivity index (χ4v) is 10.2.